The molecule has 0 aromatic heterocycles. The van der Waals surface area contributed by atoms with Gasteiger partial charge in [-0.15, -0.1) is 0 Å². The minimum Gasteiger partial charge on any atom is -0.546 e. The molecule has 37 heavy (non-hydrogen) atoms. The van der Waals surface area contributed by atoms with Crippen LogP contribution in [0.3, 0.4) is 0 Å². The van der Waals surface area contributed by atoms with Crippen molar-refractivity contribution in [2.45, 2.75) is 39.0 Å². The van der Waals surface area contributed by atoms with Gasteiger partial charge in [0, 0.05) is 12.6 Å². The minimum absolute atomic E-state index is 0. The summed E-state index contributed by atoms with van der Waals surface area (Å²) in [4.78, 5) is 23.4. The summed E-state index contributed by atoms with van der Waals surface area (Å²) in [6.07, 6.45) is -1.26. The maximum absolute atomic E-state index is 13.6. The van der Waals surface area contributed by atoms with Gasteiger partial charge >= 0.3 is 35.6 Å². The van der Waals surface area contributed by atoms with Crippen LogP contribution in [-0.4, -0.2) is 24.7 Å². The number of carboxylic acids is 1. The van der Waals surface area contributed by atoms with Crippen LogP contribution in [0.4, 0.5) is 19.3 Å². The number of rotatable bonds is 11. The van der Waals surface area contributed by atoms with Crippen molar-refractivity contribution in [3.63, 3.8) is 0 Å². The molecule has 7 nitrogen and oxygen atoms in total. The molecule has 0 saturated carbocycles. The largest absolute Gasteiger partial charge is 1.00 e. The average molecular weight is 521 g/mol. The van der Waals surface area contributed by atoms with Gasteiger partial charge in [-0.25, -0.2) is 13.6 Å². The van der Waals surface area contributed by atoms with Crippen LogP contribution in [0.5, 0.6) is 5.75 Å². The molecule has 0 fully saturated rings. The first-order valence-corrected chi connectivity index (χ1v) is 11.3. The molecule has 2 amide bonds. The van der Waals surface area contributed by atoms with Gasteiger partial charge in [0.15, 0.2) is 6.10 Å². The summed E-state index contributed by atoms with van der Waals surface area (Å²) >= 11 is 0. The smallest absolute Gasteiger partial charge is 0.546 e. The molecule has 0 heterocycles. The summed E-state index contributed by atoms with van der Waals surface area (Å²) in [5.74, 6) is -2.21. The number of aliphatic carboxylic acids is 1. The van der Waals surface area contributed by atoms with Gasteiger partial charge in [0.25, 0.3) is 0 Å². The maximum Gasteiger partial charge on any atom is 1.00 e. The number of ether oxygens (including phenoxy) is 2. The third-order valence-electron chi connectivity index (χ3n) is 5.28. The first-order valence-electron chi connectivity index (χ1n) is 11.3. The molecular weight excluding hydrogens is 493 g/mol. The summed E-state index contributed by atoms with van der Waals surface area (Å²) < 4.78 is 37.6. The number of carbonyl (C=O) groups is 2. The third-order valence-corrected chi connectivity index (χ3v) is 5.28. The number of carbonyl (C=O) groups excluding carboxylic acids is 2. The van der Waals surface area contributed by atoms with E-state index in [-0.39, 0.29) is 55.0 Å². The second-order valence-corrected chi connectivity index (χ2v) is 8.41. The number of nitrogens with one attached hydrogen (secondary N) is 2. The fourth-order valence-electron chi connectivity index (χ4n) is 3.22. The number of urea groups is 1. The fraction of sp³-hybridized carbons (Fsp3) is 0.259. The van der Waals surface area contributed by atoms with Crippen molar-refractivity contribution in [3.8, 4) is 5.75 Å². The Morgan fingerprint density at radius 2 is 1.59 bits per heavy atom. The summed E-state index contributed by atoms with van der Waals surface area (Å²) in [7, 11) is 0. The third kappa shape index (κ3) is 9.77. The molecule has 3 aromatic rings. The van der Waals surface area contributed by atoms with Gasteiger partial charge in [-0.1, -0.05) is 50.2 Å². The van der Waals surface area contributed by atoms with Gasteiger partial charge in [0.2, 0.25) is 0 Å². The number of benzene rings is 3. The van der Waals surface area contributed by atoms with E-state index >= 15 is 0 Å². The molecular formula is C27H27F2N2NaO5. The number of carboxylic acid groups (broad SMARTS) is 1. The predicted molar refractivity (Wildman–Crippen MR) is 128 cm³/mol. The van der Waals surface area contributed by atoms with E-state index in [4.69, 9.17) is 9.47 Å². The van der Waals surface area contributed by atoms with Crippen LogP contribution in [0.2, 0.25) is 0 Å². The molecule has 190 valence electrons. The zero-order chi connectivity index (χ0) is 26.1. The van der Waals surface area contributed by atoms with E-state index in [1.54, 1.807) is 36.4 Å². The number of amides is 2. The minimum atomic E-state index is -1.37. The van der Waals surface area contributed by atoms with Crippen LogP contribution < -0.4 is 50.0 Å². The van der Waals surface area contributed by atoms with Gasteiger partial charge in [-0.2, -0.15) is 0 Å². The Balaban J connectivity index is 0.00000481. The van der Waals surface area contributed by atoms with Crippen molar-refractivity contribution in [1.29, 1.82) is 0 Å². The monoisotopic (exact) mass is 520 g/mol. The summed E-state index contributed by atoms with van der Waals surface area (Å²) in [6.45, 7) is 4.25. The van der Waals surface area contributed by atoms with E-state index in [1.165, 1.54) is 0 Å². The first kappa shape index (κ1) is 30.2. The van der Waals surface area contributed by atoms with E-state index in [0.29, 0.717) is 17.7 Å². The Kier molecular flexibility index (Phi) is 12.0. The number of hydrogen-bond donors (Lipinski definition) is 2. The average Bonchev–Trinajstić information content (AvgIpc) is 2.85. The van der Waals surface area contributed by atoms with Crippen LogP contribution in [-0.2, 0) is 22.7 Å². The van der Waals surface area contributed by atoms with Gasteiger partial charge in [-0.05, 0) is 46.9 Å². The Bertz CT molecular complexity index is 1170. The molecule has 0 aliphatic carbocycles. The van der Waals surface area contributed by atoms with Crippen molar-refractivity contribution >= 4 is 17.7 Å². The standard InChI is InChI=1S/C27H28F2N2O5.Na/c1-17(2)20-7-10-22(11-8-20)36-25(26(32)33)16-35-15-19-5-3-18(4-6-19)14-30-27(34)31-24-12-9-21(28)13-23(24)29;/h3-13,17,25H,14-16H2,1-2H3,(H,32,33)(H2,30,31,34);/q;+1/p-1. The summed E-state index contributed by atoms with van der Waals surface area (Å²) in [5.41, 5.74) is 2.54. The van der Waals surface area contributed by atoms with Crippen molar-refractivity contribution in [2.24, 2.45) is 0 Å². The first-order chi connectivity index (χ1) is 17.2. The van der Waals surface area contributed by atoms with Gasteiger partial charge in [0.1, 0.15) is 17.4 Å². The number of hydrogen-bond acceptors (Lipinski definition) is 5. The predicted octanol–water partition coefficient (Wildman–Crippen LogP) is 1.13. The SMILES string of the molecule is CC(C)c1ccc(OC(COCc2ccc(CNC(=O)Nc3ccc(F)cc3F)cc2)C(=O)[O-])cc1.[Na+]. The van der Waals surface area contributed by atoms with E-state index in [0.717, 1.165) is 28.8 Å². The van der Waals surface area contributed by atoms with Crippen LogP contribution >= 0.6 is 0 Å². The molecule has 0 aliphatic rings. The molecule has 0 radical (unpaired) electrons. The van der Waals surface area contributed by atoms with Crippen molar-refractivity contribution in [1.82, 2.24) is 5.32 Å². The molecule has 0 aliphatic heterocycles. The Morgan fingerprint density at radius 1 is 0.946 bits per heavy atom. The van der Waals surface area contributed by atoms with Crippen molar-refractivity contribution < 1.29 is 62.5 Å². The van der Waals surface area contributed by atoms with Crippen molar-refractivity contribution in [2.75, 3.05) is 11.9 Å². The van der Waals surface area contributed by atoms with Crippen LogP contribution in [0.25, 0.3) is 0 Å². The second-order valence-electron chi connectivity index (χ2n) is 8.41. The van der Waals surface area contributed by atoms with Gasteiger partial charge < -0.3 is 30.0 Å². The van der Waals surface area contributed by atoms with Crippen LogP contribution in [0.1, 0.15) is 36.5 Å². The Labute approximate surface area is 236 Å². The fourth-order valence-corrected chi connectivity index (χ4v) is 3.22. The zero-order valence-electron chi connectivity index (χ0n) is 20.9. The molecule has 0 saturated heterocycles. The molecule has 1 atom stereocenters. The molecule has 10 heteroatoms. The second kappa shape index (κ2) is 14.7. The van der Waals surface area contributed by atoms with E-state index in [9.17, 15) is 23.5 Å². The van der Waals surface area contributed by atoms with Crippen LogP contribution in [0.15, 0.2) is 66.7 Å². The topological polar surface area (TPSA) is 99.7 Å². The van der Waals surface area contributed by atoms with E-state index in [2.05, 4.69) is 24.5 Å². The molecule has 3 rings (SSSR count). The number of halogens is 2. The van der Waals surface area contributed by atoms with Gasteiger partial charge in [-0.3, -0.25) is 0 Å². The van der Waals surface area contributed by atoms with E-state index < -0.39 is 29.7 Å². The maximum atomic E-state index is 13.6. The molecule has 1 unspecified atom stereocenters. The molecule has 0 bridgehead atoms. The number of anilines is 1. The van der Waals surface area contributed by atoms with Gasteiger partial charge in [0.05, 0.1) is 24.9 Å². The van der Waals surface area contributed by atoms with Crippen LogP contribution in [0, 0.1) is 11.6 Å². The zero-order valence-corrected chi connectivity index (χ0v) is 22.9. The molecule has 2 N–H and O–H groups in total. The summed E-state index contributed by atoms with van der Waals surface area (Å²) in [6, 6.07) is 16.5. The Hall–Kier alpha value is -2.98. The van der Waals surface area contributed by atoms with Crippen molar-refractivity contribution in [3.05, 3.63) is 95.1 Å². The Morgan fingerprint density at radius 3 is 2.19 bits per heavy atom. The molecule has 3 aromatic carbocycles. The summed E-state index contributed by atoms with van der Waals surface area (Å²) in [5, 5.41) is 16.3. The van der Waals surface area contributed by atoms with E-state index in [1.807, 2.05) is 12.1 Å². The normalized spacial score (nSPS) is 11.4. The molecule has 0 spiro atoms. The quantitative estimate of drug-likeness (QED) is 0.370.